The van der Waals surface area contributed by atoms with Crippen LogP contribution in [0.2, 0.25) is 0 Å². The Bertz CT molecular complexity index is 826. The van der Waals surface area contributed by atoms with Crippen molar-refractivity contribution in [1.29, 1.82) is 0 Å². The minimum atomic E-state index is -0.757. The second-order valence-electron chi connectivity index (χ2n) is 17.2. The van der Waals surface area contributed by atoms with Crippen LogP contribution in [0.3, 0.4) is 0 Å². The van der Waals surface area contributed by atoms with Crippen LogP contribution in [0.25, 0.3) is 0 Å². The van der Waals surface area contributed by atoms with Gasteiger partial charge in [0.25, 0.3) is 0 Å². The maximum absolute atomic E-state index is 12.5. The van der Waals surface area contributed by atoms with Crippen LogP contribution in [0, 0.1) is 5.92 Å². The normalized spacial score (nSPS) is 11.9. The molecule has 0 bridgehead atoms. The van der Waals surface area contributed by atoms with Crippen molar-refractivity contribution in [3.63, 3.8) is 0 Å². The maximum Gasteiger partial charge on any atom is 0.306 e. The summed E-state index contributed by atoms with van der Waals surface area (Å²) in [5.74, 6) is -0.0144. The molecule has 6 nitrogen and oxygen atoms in total. The number of esters is 3. The van der Waals surface area contributed by atoms with Gasteiger partial charge in [-0.05, 0) is 25.2 Å². The summed E-state index contributed by atoms with van der Waals surface area (Å²) in [7, 11) is 0. The Morgan fingerprint density at radius 2 is 0.600 bits per heavy atom. The molecule has 0 radical (unpaired) electrons. The number of carbonyl (C=O) groups excluding carboxylic acids is 3. The fraction of sp³-hybridized carbons (Fsp3) is 0.939. The summed E-state index contributed by atoms with van der Waals surface area (Å²) in [6.45, 7) is 8.95. The van der Waals surface area contributed by atoms with Gasteiger partial charge in [0, 0.05) is 19.3 Å². The second kappa shape index (κ2) is 43.5. The lowest BCUT2D eigenvalue weighted by Crippen LogP contribution is -2.30. The van der Waals surface area contributed by atoms with Crippen LogP contribution in [-0.2, 0) is 28.6 Å². The van der Waals surface area contributed by atoms with Crippen molar-refractivity contribution in [1.82, 2.24) is 0 Å². The van der Waals surface area contributed by atoms with E-state index in [1.165, 1.54) is 161 Å². The molecule has 326 valence electrons. The average molecular weight is 779 g/mol. The van der Waals surface area contributed by atoms with Crippen molar-refractivity contribution in [2.45, 2.75) is 278 Å². The van der Waals surface area contributed by atoms with Crippen LogP contribution >= 0.6 is 0 Å². The van der Waals surface area contributed by atoms with Gasteiger partial charge in [0.2, 0.25) is 0 Å². The van der Waals surface area contributed by atoms with E-state index in [0.29, 0.717) is 19.3 Å². The molecule has 0 N–H and O–H groups in total. The van der Waals surface area contributed by atoms with Crippen LogP contribution in [0.15, 0.2) is 0 Å². The van der Waals surface area contributed by atoms with E-state index in [1.54, 1.807) is 0 Å². The van der Waals surface area contributed by atoms with Gasteiger partial charge in [0.1, 0.15) is 13.2 Å². The van der Waals surface area contributed by atoms with Gasteiger partial charge < -0.3 is 14.2 Å². The topological polar surface area (TPSA) is 78.9 Å². The molecule has 0 aliphatic rings. The fourth-order valence-corrected chi connectivity index (χ4v) is 7.33. The maximum atomic E-state index is 12.5. The van der Waals surface area contributed by atoms with Crippen LogP contribution in [-0.4, -0.2) is 37.2 Å². The third kappa shape index (κ3) is 43.4. The van der Waals surface area contributed by atoms with Gasteiger partial charge in [-0.15, -0.1) is 0 Å². The number of rotatable bonds is 44. The van der Waals surface area contributed by atoms with Gasteiger partial charge in [-0.25, -0.2) is 0 Å². The minimum absolute atomic E-state index is 0.0646. The quantitative estimate of drug-likeness (QED) is 0.0348. The van der Waals surface area contributed by atoms with E-state index in [4.69, 9.17) is 14.2 Å². The lowest BCUT2D eigenvalue weighted by Gasteiger charge is -2.18. The van der Waals surface area contributed by atoms with Crippen LogP contribution in [0.4, 0.5) is 0 Å². The van der Waals surface area contributed by atoms with Crippen molar-refractivity contribution in [3.8, 4) is 0 Å². The number of ether oxygens (including phenoxy) is 3. The third-order valence-electron chi connectivity index (χ3n) is 11.0. The number of unbranched alkanes of at least 4 members (excludes halogenated alkanes) is 31. The molecule has 1 atom stereocenters. The Morgan fingerprint density at radius 3 is 0.891 bits per heavy atom. The molecule has 0 saturated heterocycles. The smallest absolute Gasteiger partial charge is 0.306 e. The van der Waals surface area contributed by atoms with Gasteiger partial charge in [-0.3, -0.25) is 14.4 Å². The van der Waals surface area contributed by atoms with E-state index in [2.05, 4.69) is 27.7 Å². The third-order valence-corrected chi connectivity index (χ3v) is 11.0. The Morgan fingerprint density at radius 1 is 0.345 bits per heavy atom. The fourth-order valence-electron chi connectivity index (χ4n) is 7.33. The highest BCUT2D eigenvalue weighted by atomic mass is 16.6. The zero-order valence-corrected chi connectivity index (χ0v) is 37.4. The Balaban J connectivity index is 4.07. The Kier molecular flexibility index (Phi) is 42.3. The predicted molar refractivity (Wildman–Crippen MR) is 233 cm³/mol. The lowest BCUT2D eigenvalue weighted by molar-refractivity contribution is -0.167. The lowest BCUT2D eigenvalue weighted by atomic mass is 10.0. The van der Waals surface area contributed by atoms with Gasteiger partial charge >= 0.3 is 17.9 Å². The number of carbonyl (C=O) groups is 3. The molecular weight excluding hydrogens is 685 g/mol. The van der Waals surface area contributed by atoms with E-state index in [9.17, 15) is 14.4 Å². The first kappa shape index (κ1) is 53.4. The van der Waals surface area contributed by atoms with E-state index in [0.717, 1.165) is 70.1 Å². The molecule has 0 aromatic rings. The molecule has 0 fully saturated rings. The van der Waals surface area contributed by atoms with Crippen molar-refractivity contribution >= 4 is 17.9 Å². The molecule has 0 rings (SSSR count). The highest BCUT2D eigenvalue weighted by Gasteiger charge is 2.19. The van der Waals surface area contributed by atoms with E-state index >= 15 is 0 Å². The van der Waals surface area contributed by atoms with E-state index in [1.807, 2.05) is 0 Å². The summed E-state index contributed by atoms with van der Waals surface area (Å²) in [4.78, 5) is 37.5. The average Bonchev–Trinajstić information content (AvgIpc) is 3.17. The van der Waals surface area contributed by atoms with E-state index < -0.39 is 6.10 Å². The highest BCUT2D eigenvalue weighted by Crippen LogP contribution is 2.17. The van der Waals surface area contributed by atoms with E-state index in [-0.39, 0.29) is 31.1 Å². The van der Waals surface area contributed by atoms with Crippen molar-refractivity contribution < 1.29 is 28.6 Å². The highest BCUT2D eigenvalue weighted by molar-refractivity contribution is 5.71. The molecule has 0 aromatic carbocycles. The van der Waals surface area contributed by atoms with Gasteiger partial charge in [-0.1, -0.05) is 233 Å². The van der Waals surface area contributed by atoms with Gasteiger partial charge in [-0.2, -0.15) is 0 Å². The van der Waals surface area contributed by atoms with Crippen LogP contribution in [0.1, 0.15) is 272 Å². The van der Waals surface area contributed by atoms with Crippen LogP contribution < -0.4 is 0 Å². The molecule has 0 saturated carbocycles. The van der Waals surface area contributed by atoms with Crippen molar-refractivity contribution in [2.75, 3.05) is 13.2 Å². The molecule has 0 unspecified atom stereocenters. The first-order valence-corrected chi connectivity index (χ1v) is 24.4. The summed E-state index contributed by atoms with van der Waals surface area (Å²) in [5.41, 5.74) is 0. The van der Waals surface area contributed by atoms with Gasteiger partial charge in [0.15, 0.2) is 6.10 Å². The zero-order chi connectivity index (χ0) is 40.3. The molecule has 55 heavy (non-hydrogen) atoms. The monoisotopic (exact) mass is 779 g/mol. The largest absolute Gasteiger partial charge is 0.462 e. The molecule has 0 spiro atoms. The Hall–Kier alpha value is -1.59. The van der Waals surface area contributed by atoms with Crippen molar-refractivity contribution in [3.05, 3.63) is 0 Å². The van der Waals surface area contributed by atoms with Crippen LogP contribution in [0.5, 0.6) is 0 Å². The second-order valence-corrected chi connectivity index (χ2v) is 17.2. The molecular formula is C49H94O6. The molecule has 6 heteroatoms. The van der Waals surface area contributed by atoms with Crippen molar-refractivity contribution in [2.24, 2.45) is 5.92 Å². The first-order chi connectivity index (χ1) is 26.9. The molecule has 0 aliphatic carbocycles. The number of hydrogen-bond donors (Lipinski definition) is 0. The molecule has 0 heterocycles. The molecule has 0 amide bonds. The summed E-state index contributed by atoms with van der Waals surface area (Å²) in [6.07, 6.45) is 44.1. The Labute approximate surface area is 342 Å². The summed E-state index contributed by atoms with van der Waals surface area (Å²) in [5, 5.41) is 0. The first-order valence-electron chi connectivity index (χ1n) is 24.4. The number of hydrogen-bond acceptors (Lipinski definition) is 6. The minimum Gasteiger partial charge on any atom is -0.462 e. The van der Waals surface area contributed by atoms with Gasteiger partial charge in [0.05, 0.1) is 0 Å². The standard InChI is InChI=1S/C49H94O6/c1-5-7-9-11-12-13-14-15-20-23-26-29-33-36-40-47(50)53-43-46(55-49(52)42-38-31-10-8-6-2)44-54-48(51)41-37-34-30-27-24-21-18-16-17-19-22-25-28-32-35-39-45(3)4/h45-46H,5-44H2,1-4H3/t46-/m1/s1. The summed E-state index contributed by atoms with van der Waals surface area (Å²) in [6, 6.07) is 0. The SMILES string of the molecule is CCCCCCCCCCCCCCCCC(=O)OC[C@H](COC(=O)CCCCCCCCCCCCCCCCCC(C)C)OC(=O)CCCCCCC. The molecule has 0 aliphatic heterocycles. The molecule has 0 aromatic heterocycles. The summed E-state index contributed by atoms with van der Waals surface area (Å²) < 4.78 is 16.6. The summed E-state index contributed by atoms with van der Waals surface area (Å²) >= 11 is 0. The zero-order valence-electron chi connectivity index (χ0n) is 37.4. The predicted octanol–water partition coefficient (Wildman–Crippen LogP) is 15.5.